The number of aromatic nitrogens is 2. The molecule has 0 bridgehead atoms. The molecule has 5 nitrogen and oxygen atoms in total. The predicted octanol–water partition coefficient (Wildman–Crippen LogP) is 4.26. The van der Waals surface area contributed by atoms with Crippen LogP contribution in [-0.2, 0) is 11.8 Å². The second-order valence-electron chi connectivity index (χ2n) is 7.43. The van der Waals surface area contributed by atoms with Crippen LogP contribution in [0, 0.1) is 5.92 Å². The third-order valence-corrected chi connectivity index (χ3v) is 6.37. The molecule has 0 radical (unpaired) electrons. The van der Waals surface area contributed by atoms with E-state index >= 15 is 0 Å². The number of likely N-dealkylation sites (tertiary alicyclic amines) is 1. The largest absolute Gasteiger partial charge is 0.478 e. The van der Waals surface area contributed by atoms with Gasteiger partial charge in [0, 0.05) is 43.3 Å². The van der Waals surface area contributed by atoms with Crippen molar-refractivity contribution >= 4 is 29.3 Å². The van der Waals surface area contributed by atoms with Gasteiger partial charge in [-0.3, -0.25) is 4.79 Å². The summed E-state index contributed by atoms with van der Waals surface area (Å²) in [5.74, 6) is 2.33. The fourth-order valence-corrected chi connectivity index (χ4v) is 4.45. The quantitative estimate of drug-likeness (QED) is 0.671. The van der Waals surface area contributed by atoms with Gasteiger partial charge in [-0.25, -0.2) is 4.98 Å². The van der Waals surface area contributed by atoms with E-state index in [1.165, 1.54) is 0 Å². The average Bonchev–Trinajstić information content (AvgIpc) is 3.06. The summed E-state index contributed by atoms with van der Waals surface area (Å²) in [6, 6.07) is 7.11. The number of benzene rings is 1. The first-order valence-electron chi connectivity index (χ1n) is 9.19. The maximum absolute atomic E-state index is 12.9. The molecule has 0 spiro atoms. The molecule has 1 fully saturated rings. The standard InChI is InChI=1S/C20H26ClN3O2S/c1-20(2,26-17-6-4-16(21)5-7-17)18(25)24-11-8-15(9-12-24)14-27-19-22-10-13-23(19)3/h4-7,10,13,15H,8-9,11-12,14H2,1-3H3. The lowest BCUT2D eigenvalue weighted by Gasteiger charge is -2.37. The Morgan fingerprint density at radius 2 is 1.96 bits per heavy atom. The molecule has 1 amide bonds. The van der Waals surface area contributed by atoms with Gasteiger partial charge in [0.05, 0.1) is 0 Å². The minimum absolute atomic E-state index is 0.0349. The first-order chi connectivity index (χ1) is 12.8. The summed E-state index contributed by atoms with van der Waals surface area (Å²) in [7, 11) is 2.01. The van der Waals surface area contributed by atoms with Gasteiger partial charge in [0.2, 0.25) is 0 Å². The van der Waals surface area contributed by atoms with Crippen molar-refractivity contribution < 1.29 is 9.53 Å². The molecule has 1 aromatic heterocycles. The van der Waals surface area contributed by atoms with E-state index in [4.69, 9.17) is 16.3 Å². The fraction of sp³-hybridized carbons (Fsp3) is 0.500. The van der Waals surface area contributed by atoms with Crippen LogP contribution in [0.25, 0.3) is 0 Å². The topological polar surface area (TPSA) is 47.4 Å². The Morgan fingerprint density at radius 1 is 1.30 bits per heavy atom. The molecule has 2 heterocycles. The van der Waals surface area contributed by atoms with Gasteiger partial charge < -0.3 is 14.2 Å². The fourth-order valence-electron chi connectivity index (χ4n) is 3.21. The summed E-state index contributed by atoms with van der Waals surface area (Å²) < 4.78 is 7.98. The van der Waals surface area contributed by atoms with E-state index in [-0.39, 0.29) is 5.91 Å². The van der Waals surface area contributed by atoms with Crippen LogP contribution < -0.4 is 4.74 Å². The normalized spacial score (nSPS) is 15.8. The van der Waals surface area contributed by atoms with E-state index in [9.17, 15) is 4.79 Å². The van der Waals surface area contributed by atoms with Crippen molar-refractivity contribution in [3.63, 3.8) is 0 Å². The SMILES string of the molecule is Cn1ccnc1SCC1CCN(C(=O)C(C)(C)Oc2ccc(Cl)cc2)CC1. The number of rotatable bonds is 6. The van der Waals surface area contributed by atoms with Gasteiger partial charge >= 0.3 is 0 Å². The van der Waals surface area contributed by atoms with Crippen molar-refractivity contribution in [2.24, 2.45) is 13.0 Å². The van der Waals surface area contributed by atoms with E-state index in [2.05, 4.69) is 4.98 Å². The van der Waals surface area contributed by atoms with Crippen molar-refractivity contribution in [3.8, 4) is 5.75 Å². The molecule has 1 aliphatic heterocycles. The Bertz CT molecular complexity index is 768. The van der Waals surface area contributed by atoms with Crippen molar-refractivity contribution in [2.45, 2.75) is 37.4 Å². The third kappa shape index (κ3) is 5.20. The molecular formula is C20H26ClN3O2S. The number of aryl methyl sites for hydroxylation is 1. The number of carbonyl (C=O) groups excluding carboxylic acids is 1. The molecule has 3 rings (SSSR count). The minimum Gasteiger partial charge on any atom is -0.478 e. The van der Waals surface area contributed by atoms with Crippen LogP contribution in [0.15, 0.2) is 41.8 Å². The Morgan fingerprint density at radius 3 is 2.56 bits per heavy atom. The Kier molecular flexibility index (Phi) is 6.37. The van der Waals surface area contributed by atoms with E-state index in [0.29, 0.717) is 16.7 Å². The monoisotopic (exact) mass is 407 g/mol. The van der Waals surface area contributed by atoms with E-state index in [1.54, 1.807) is 36.0 Å². The highest BCUT2D eigenvalue weighted by Crippen LogP contribution is 2.28. The third-order valence-electron chi connectivity index (χ3n) is 4.83. The number of hydrogen-bond acceptors (Lipinski definition) is 4. The number of ether oxygens (including phenoxy) is 1. The van der Waals surface area contributed by atoms with E-state index in [0.717, 1.165) is 36.8 Å². The number of thioether (sulfide) groups is 1. The maximum Gasteiger partial charge on any atom is 0.266 e. The molecule has 0 N–H and O–H groups in total. The number of imidazole rings is 1. The molecule has 1 aromatic carbocycles. The summed E-state index contributed by atoms with van der Waals surface area (Å²) in [5, 5.41) is 1.70. The Labute approximate surface area is 170 Å². The number of amides is 1. The van der Waals surface area contributed by atoms with Gasteiger partial charge in [-0.05, 0) is 56.9 Å². The summed E-state index contributed by atoms with van der Waals surface area (Å²) in [6.07, 6.45) is 5.82. The van der Waals surface area contributed by atoms with Crippen LogP contribution in [-0.4, -0.2) is 44.8 Å². The molecule has 0 aliphatic carbocycles. The highest BCUT2D eigenvalue weighted by atomic mass is 35.5. The first-order valence-corrected chi connectivity index (χ1v) is 10.6. The molecule has 0 atom stereocenters. The molecule has 146 valence electrons. The average molecular weight is 408 g/mol. The van der Waals surface area contributed by atoms with Crippen LogP contribution in [0.1, 0.15) is 26.7 Å². The second kappa shape index (κ2) is 8.57. The van der Waals surface area contributed by atoms with E-state index in [1.807, 2.05) is 42.8 Å². The zero-order chi connectivity index (χ0) is 19.4. The molecule has 1 aliphatic rings. The second-order valence-corrected chi connectivity index (χ2v) is 8.86. The van der Waals surface area contributed by atoms with Gasteiger partial charge in [0.15, 0.2) is 10.8 Å². The lowest BCUT2D eigenvalue weighted by Crippen LogP contribution is -2.51. The van der Waals surface area contributed by atoms with Gasteiger partial charge in [-0.15, -0.1) is 0 Å². The van der Waals surface area contributed by atoms with Crippen LogP contribution in [0.4, 0.5) is 0 Å². The molecule has 7 heteroatoms. The van der Waals surface area contributed by atoms with Crippen molar-refractivity contribution in [3.05, 3.63) is 41.7 Å². The van der Waals surface area contributed by atoms with Crippen molar-refractivity contribution in [2.75, 3.05) is 18.8 Å². The molecular weight excluding hydrogens is 382 g/mol. The zero-order valence-corrected chi connectivity index (χ0v) is 17.6. The Balaban J connectivity index is 1.49. The zero-order valence-electron chi connectivity index (χ0n) is 16.0. The lowest BCUT2D eigenvalue weighted by atomic mass is 9.97. The van der Waals surface area contributed by atoms with Crippen LogP contribution in [0.5, 0.6) is 5.75 Å². The molecule has 2 aromatic rings. The van der Waals surface area contributed by atoms with Gasteiger partial charge in [0.1, 0.15) is 5.75 Å². The predicted molar refractivity (Wildman–Crippen MR) is 109 cm³/mol. The molecule has 0 saturated carbocycles. The maximum atomic E-state index is 12.9. The van der Waals surface area contributed by atoms with Gasteiger partial charge in [-0.1, -0.05) is 23.4 Å². The number of halogens is 1. The number of piperidine rings is 1. The van der Waals surface area contributed by atoms with Gasteiger partial charge in [0.25, 0.3) is 5.91 Å². The number of carbonyl (C=O) groups is 1. The summed E-state index contributed by atoms with van der Waals surface area (Å²) >= 11 is 7.70. The van der Waals surface area contributed by atoms with Crippen LogP contribution in [0.2, 0.25) is 5.02 Å². The highest BCUT2D eigenvalue weighted by Gasteiger charge is 2.36. The van der Waals surface area contributed by atoms with Crippen molar-refractivity contribution in [1.29, 1.82) is 0 Å². The van der Waals surface area contributed by atoms with Crippen LogP contribution in [0.3, 0.4) is 0 Å². The summed E-state index contributed by atoms with van der Waals surface area (Å²) in [6.45, 7) is 5.20. The summed E-state index contributed by atoms with van der Waals surface area (Å²) in [5.41, 5.74) is -0.900. The molecule has 1 saturated heterocycles. The Hall–Kier alpha value is -1.66. The molecule has 27 heavy (non-hydrogen) atoms. The number of nitrogens with zero attached hydrogens (tertiary/aromatic N) is 3. The number of hydrogen-bond donors (Lipinski definition) is 0. The molecule has 0 unspecified atom stereocenters. The highest BCUT2D eigenvalue weighted by molar-refractivity contribution is 7.99. The van der Waals surface area contributed by atoms with Crippen LogP contribution >= 0.6 is 23.4 Å². The minimum atomic E-state index is -0.900. The van der Waals surface area contributed by atoms with Gasteiger partial charge in [-0.2, -0.15) is 0 Å². The smallest absolute Gasteiger partial charge is 0.266 e. The van der Waals surface area contributed by atoms with E-state index < -0.39 is 5.60 Å². The van der Waals surface area contributed by atoms with Crippen molar-refractivity contribution in [1.82, 2.24) is 14.5 Å². The summed E-state index contributed by atoms with van der Waals surface area (Å²) in [4.78, 5) is 19.2. The first kappa shape index (κ1) is 20.1. The lowest BCUT2D eigenvalue weighted by molar-refractivity contribution is -0.146.